The third-order valence-corrected chi connectivity index (χ3v) is 5.16. The zero-order chi connectivity index (χ0) is 16.3. The molecule has 1 aliphatic rings. The van der Waals surface area contributed by atoms with Crippen LogP contribution in [-0.4, -0.2) is 38.7 Å². The van der Waals surface area contributed by atoms with E-state index in [2.05, 4.69) is 4.72 Å². The largest absolute Gasteiger partial charge is 0.480 e. The van der Waals surface area contributed by atoms with Crippen LogP contribution in [0.5, 0.6) is 0 Å². The van der Waals surface area contributed by atoms with Crippen molar-refractivity contribution in [1.29, 1.82) is 0 Å². The van der Waals surface area contributed by atoms with Crippen molar-refractivity contribution in [3.8, 4) is 0 Å². The molecule has 0 aromatic heterocycles. The molecule has 0 saturated carbocycles. The van der Waals surface area contributed by atoms with Gasteiger partial charge in [0, 0.05) is 13.2 Å². The summed E-state index contributed by atoms with van der Waals surface area (Å²) in [5, 5.41) is 9.31. The number of hydrogen-bond acceptors (Lipinski definition) is 4. The van der Waals surface area contributed by atoms with E-state index in [1.54, 1.807) is 0 Å². The molecule has 22 heavy (non-hydrogen) atoms. The molecular weight excluding hydrogens is 313 g/mol. The molecule has 1 heterocycles. The Morgan fingerprint density at radius 1 is 1.41 bits per heavy atom. The first-order valence-electron chi connectivity index (χ1n) is 6.90. The first-order valence-corrected chi connectivity index (χ1v) is 8.38. The summed E-state index contributed by atoms with van der Waals surface area (Å²) in [6.07, 6.45) is 0.948. The lowest BCUT2D eigenvalue weighted by Gasteiger charge is -2.28. The number of nitrogens with one attached hydrogen (secondary N) is 1. The highest BCUT2D eigenvalue weighted by molar-refractivity contribution is 7.89. The molecule has 0 unspecified atom stereocenters. The molecule has 1 fully saturated rings. The molecule has 0 amide bonds. The smallest absolute Gasteiger partial charge is 0.322 e. The van der Waals surface area contributed by atoms with Crippen molar-refractivity contribution in [3.05, 3.63) is 29.6 Å². The number of aliphatic carboxylic acids is 1. The highest BCUT2D eigenvalue weighted by Crippen LogP contribution is 2.22. The Kier molecular flexibility index (Phi) is 5.15. The summed E-state index contributed by atoms with van der Waals surface area (Å²) in [6.45, 7) is 2.26. The van der Waals surface area contributed by atoms with E-state index in [1.165, 1.54) is 13.0 Å². The predicted molar refractivity (Wildman–Crippen MR) is 76.4 cm³/mol. The summed E-state index contributed by atoms with van der Waals surface area (Å²) in [7, 11) is -4.03. The molecule has 8 heteroatoms. The van der Waals surface area contributed by atoms with Crippen LogP contribution in [0.3, 0.4) is 0 Å². The number of carboxylic acids is 1. The topological polar surface area (TPSA) is 92.7 Å². The van der Waals surface area contributed by atoms with Crippen LogP contribution >= 0.6 is 0 Å². The Morgan fingerprint density at radius 2 is 2.05 bits per heavy atom. The minimum Gasteiger partial charge on any atom is -0.480 e. The Morgan fingerprint density at radius 3 is 2.59 bits per heavy atom. The third-order valence-electron chi connectivity index (χ3n) is 3.73. The minimum absolute atomic E-state index is 0.148. The predicted octanol–water partition coefficient (Wildman–Crippen LogP) is 1.29. The maximum absolute atomic E-state index is 13.2. The molecule has 1 aromatic carbocycles. The minimum atomic E-state index is -4.03. The van der Waals surface area contributed by atoms with Crippen LogP contribution < -0.4 is 4.72 Å². The highest BCUT2D eigenvalue weighted by atomic mass is 32.2. The number of aryl methyl sites for hydroxylation is 1. The van der Waals surface area contributed by atoms with Gasteiger partial charge in [0.15, 0.2) is 0 Å². The second kappa shape index (κ2) is 6.72. The number of carboxylic acid groups (broad SMARTS) is 1. The zero-order valence-electron chi connectivity index (χ0n) is 12.1. The van der Waals surface area contributed by atoms with E-state index in [4.69, 9.17) is 4.74 Å². The summed E-state index contributed by atoms with van der Waals surface area (Å²) in [4.78, 5) is 11.3. The van der Waals surface area contributed by atoms with Crippen LogP contribution in [0.4, 0.5) is 4.39 Å². The zero-order valence-corrected chi connectivity index (χ0v) is 12.9. The fourth-order valence-corrected chi connectivity index (χ4v) is 3.76. The molecule has 1 aliphatic heterocycles. The summed E-state index contributed by atoms with van der Waals surface area (Å²) < 4.78 is 45.3. The molecular formula is C14H18FNO5S. The van der Waals surface area contributed by atoms with Gasteiger partial charge >= 0.3 is 5.97 Å². The standard InChI is InChI=1S/C14H18FNO5S/c1-9-8-11(2-3-12(9)15)22(19,20)16-13(14(17)18)10-4-6-21-7-5-10/h2-3,8,10,13,16H,4-7H2,1H3,(H,17,18)/t13-/m1/s1. The molecule has 0 bridgehead atoms. The van der Waals surface area contributed by atoms with Crippen LogP contribution in [0.1, 0.15) is 18.4 Å². The number of rotatable bonds is 5. The molecule has 2 rings (SSSR count). The lowest BCUT2D eigenvalue weighted by atomic mass is 9.92. The number of sulfonamides is 1. The van der Waals surface area contributed by atoms with E-state index in [-0.39, 0.29) is 16.4 Å². The number of carbonyl (C=O) groups is 1. The van der Waals surface area contributed by atoms with Crippen LogP contribution in [0, 0.1) is 18.7 Å². The van der Waals surface area contributed by atoms with E-state index in [1.807, 2.05) is 0 Å². The van der Waals surface area contributed by atoms with Gasteiger partial charge in [0.25, 0.3) is 0 Å². The Bertz CT molecular complexity index is 655. The summed E-state index contributed by atoms with van der Waals surface area (Å²) in [5.74, 6) is -2.07. The lowest BCUT2D eigenvalue weighted by Crippen LogP contribution is -2.47. The van der Waals surface area contributed by atoms with Gasteiger partial charge in [0.05, 0.1) is 4.90 Å². The van der Waals surface area contributed by atoms with Gasteiger partial charge in [-0.15, -0.1) is 0 Å². The average Bonchev–Trinajstić information content (AvgIpc) is 2.48. The quantitative estimate of drug-likeness (QED) is 0.848. The molecule has 6 nitrogen and oxygen atoms in total. The fourth-order valence-electron chi connectivity index (χ4n) is 2.42. The van der Waals surface area contributed by atoms with Gasteiger partial charge in [0.1, 0.15) is 11.9 Å². The SMILES string of the molecule is Cc1cc(S(=O)(=O)N[C@@H](C(=O)O)C2CCOCC2)ccc1F. The Hall–Kier alpha value is -1.51. The normalized spacial score (nSPS) is 18.1. The van der Waals surface area contributed by atoms with Crippen molar-refractivity contribution < 1.29 is 27.4 Å². The van der Waals surface area contributed by atoms with E-state index in [9.17, 15) is 22.7 Å². The van der Waals surface area contributed by atoms with Crippen molar-refractivity contribution in [3.63, 3.8) is 0 Å². The Labute approximate surface area is 128 Å². The number of halogens is 1. The number of benzene rings is 1. The van der Waals surface area contributed by atoms with Gasteiger partial charge < -0.3 is 9.84 Å². The van der Waals surface area contributed by atoms with Crippen molar-refractivity contribution in [2.75, 3.05) is 13.2 Å². The lowest BCUT2D eigenvalue weighted by molar-refractivity contribution is -0.141. The average molecular weight is 331 g/mol. The van der Waals surface area contributed by atoms with Crippen molar-refractivity contribution in [2.45, 2.75) is 30.7 Å². The molecule has 2 N–H and O–H groups in total. The van der Waals surface area contributed by atoms with Gasteiger partial charge in [-0.2, -0.15) is 4.72 Å². The van der Waals surface area contributed by atoms with Gasteiger partial charge in [-0.1, -0.05) is 0 Å². The van der Waals surface area contributed by atoms with Crippen LogP contribution in [-0.2, 0) is 19.6 Å². The number of hydrogen-bond donors (Lipinski definition) is 2. The second-order valence-corrected chi connectivity index (χ2v) is 7.01. The van der Waals surface area contributed by atoms with Gasteiger partial charge in [0.2, 0.25) is 10.0 Å². The molecule has 0 spiro atoms. The highest BCUT2D eigenvalue weighted by Gasteiger charge is 2.33. The molecule has 0 aliphatic carbocycles. The van der Waals surface area contributed by atoms with Crippen molar-refractivity contribution in [2.24, 2.45) is 5.92 Å². The van der Waals surface area contributed by atoms with Crippen LogP contribution in [0.15, 0.2) is 23.1 Å². The molecule has 122 valence electrons. The van der Waals surface area contributed by atoms with Crippen LogP contribution in [0.2, 0.25) is 0 Å². The van der Waals surface area contributed by atoms with Gasteiger partial charge in [-0.05, 0) is 49.4 Å². The molecule has 1 aromatic rings. The fraction of sp³-hybridized carbons (Fsp3) is 0.500. The van der Waals surface area contributed by atoms with Crippen molar-refractivity contribution in [1.82, 2.24) is 4.72 Å². The van der Waals surface area contributed by atoms with Gasteiger partial charge in [-0.25, -0.2) is 12.8 Å². The second-order valence-electron chi connectivity index (χ2n) is 5.30. The summed E-state index contributed by atoms with van der Waals surface area (Å²) >= 11 is 0. The maximum Gasteiger partial charge on any atom is 0.322 e. The van der Waals surface area contributed by atoms with Crippen molar-refractivity contribution >= 4 is 16.0 Å². The molecule has 1 atom stereocenters. The van der Waals surface area contributed by atoms with Crippen LogP contribution in [0.25, 0.3) is 0 Å². The monoisotopic (exact) mass is 331 g/mol. The molecule has 1 saturated heterocycles. The summed E-state index contributed by atoms with van der Waals surface area (Å²) in [5.41, 5.74) is 0.181. The van der Waals surface area contributed by atoms with E-state index >= 15 is 0 Å². The Balaban J connectivity index is 2.23. The van der Waals surface area contributed by atoms with Gasteiger partial charge in [-0.3, -0.25) is 4.79 Å². The van der Waals surface area contributed by atoms with E-state index in [0.29, 0.717) is 26.1 Å². The first kappa shape index (κ1) is 16.9. The maximum atomic E-state index is 13.2. The number of ether oxygens (including phenoxy) is 1. The summed E-state index contributed by atoms with van der Waals surface area (Å²) in [6, 6.07) is 2.13. The molecule has 0 radical (unpaired) electrons. The van der Waals surface area contributed by atoms with E-state index in [0.717, 1.165) is 12.1 Å². The van der Waals surface area contributed by atoms with E-state index < -0.39 is 27.9 Å². The first-order chi connectivity index (χ1) is 10.3. The third kappa shape index (κ3) is 3.82.